The van der Waals surface area contributed by atoms with Gasteiger partial charge in [-0.3, -0.25) is 9.59 Å². The van der Waals surface area contributed by atoms with Crippen molar-refractivity contribution < 1.29 is 28.9 Å². The van der Waals surface area contributed by atoms with E-state index < -0.39 is 17.4 Å². The number of carboxylic acids is 1. The summed E-state index contributed by atoms with van der Waals surface area (Å²) >= 11 is 6.33. The number of halogens is 1. The molecule has 0 radical (unpaired) electrons. The third-order valence-electron chi connectivity index (χ3n) is 4.29. The highest BCUT2D eigenvalue weighted by molar-refractivity contribution is 6.32. The maximum Gasteiger partial charge on any atom is 0.305 e. The fourth-order valence-electron chi connectivity index (χ4n) is 2.91. The highest BCUT2D eigenvalue weighted by Crippen LogP contribution is 2.37. The molecule has 1 atom stereocenters. The quantitative estimate of drug-likeness (QED) is 0.586. The first-order valence-electron chi connectivity index (χ1n) is 9.12. The standard InChI is InChI=1S/C19H26ClNO6/c1-3-5-7-27-17-14(20)9-13(10-15(17)26-4-2)18(24)21-19(11-16(22)23)6-8-25-12-19/h9-10H,3-8,11-12H2,1-2H3,(H,21,24)(H,22,23). The van der Waals surface area contributed by atoms with Gasteiger partial charge in [0.1, 0.15) is 0 Å². The molecule has 0 bridgehead atoms. The second-order valence-corrected chi connectivity index (χ2v) is 6.94. The zero-order valence-corrected chi connectivity index (χ0v) is 16.4. The molecule has 0 aliphatic carbocycles. The Hall–Kier alpha value is -1.99. The smallest absolute Gasteiger partial charge is 0.305 e. The summed E-state index contributed by atoms with van der Waals surface area (Å²) in [6, 6.07) is 3.07. The van der Waals surface area contributed by atoms with Crippen molar-refractivity contribution >= 4 is 23.5 Å². The summed E-state index contributed by atoms with van der Waals surface area (Å²) < 4.78 is 16.6. The number of rotatable bonds is 10. The lowest BCUT2D eigenvalue weighted by Gasteiger charge is -2.27. The summed E-state index contributed by atoms with van der Waals surface area (Å²) in [5.41, 5.74) is -0.639. The van der Waals surface area contributed by atoms with Crippen LogP contribution in [0.3, 0.4) is 0 Å². The van der Waals surface area contributed by atoms with Gasteiger partial charge in [-0.2, -0.15) is 0 Å². The van der Waals surface area contributed by atoms with Crippen molar-refractivity contribution in [2.75, 3.05) is 26.4 Å². The molecule has 1 saturated heterocycles. The number of carboxylic acid groups (broad SMARTS) is 1. The lowest BCUT2D eigenvalue weighted by atomic mass is 9.93. The van der Waals surface area contributed by atoms with Crippen LogP contribution in [-0.4, -0.2) is 48.9 Å². The fourth-order valence-corrected chi connectivity index (χ4v) is 3.18. The number of hydrogen-bond donors (Lipinski definition) is 2. The Morgan fingerprint density at radius 2 is 2.11 bits per heavy atom. The highest BCUT2D eigenvalue weighted by Gasteiger charge is 2.39. The lowest BCUT2D eigenvalue weighted by molar-refractivity contribution is -0.138. The summed E-state index contributed by atoms with van der Waals surface area (Å²) in [4.78, 5) is 23.9. The number of ether oxygens (including phenoxy) is 3. The van der Waals surface area contributed by atoms with Crippen LogP contribution in [0.25, 0.3) is 0 Å². The molecule has 1 unspecified atom stereocenters. The van der Waals surface area contributed by atoms with E-state index >= 15 is 0 Å². The summed E-state index contributed by atoms with van der Waals surface area (Å²) in [7, 11) is 0. The summed E-state index contributed by atoms with van der Waals surface area (Å²) in [6.45, 7) is 5.34. The van der Waals surface area contributed by atoms with Crippen molar-refractivity contribution in [1.82, 2.24) is 5.32 Å². The third kappa shape index (κ3) is 5.74. The van der Waals surface area contributed by atoms with E-state index in [0.717, 1.165) is 12.8 Å². The molecular formula is C19H26ClNO6. The van der Waals surface area contributed by atoms with Crippen LogP contribution in [0.15, 0.2) is 12.1 Å². The minimum atomic E-state index is -0.992. The topological polar surface area (TPSA) is 94.1 Å². The summed E-state index contributed by atoms with van der Waals surface area (Å²) in [5.74, 6) is -0.618. The number of benzene rings is 1. The Balaban J connectivity index is 2.23. The van der Waals surface area contributed by atoms with Gasteiger partial charge in [-0.1, -0.05) is 24.9 Å². The number of amides is 1. The molecule has 1 aromatic rings. The Kier molecular flexibility index (Phi) is 7.74. The molecule has 0 aromatic heterocycles. The minimum Gasteiger partial charge on any atom is -0.490 e. The molecule has 8 heteroatoms. The molecule has 1 fully saturated rings. The predicted octanol–water partition coefficient (Wildman–Crippen LogP) is 3.28. The fraction of sp³-hybridized carbons (Fsp3) is 0.579. The molecule has 150 valence electrons. The van der Waals surface area contributed by atoms with Gasteiger partial charge >= 0.3 is 5.97 Å². The van der Waals surface area contributed by atoms with Gasteiger partial charge in [-0.25, -0.2) is 0 Å². The van der Waals surface area contributed by atoms with E-state index in [1.165, 1.54) is 6.07 Å². The number of carbonyl (C=O) groups is 2. The van der Waals surface area contributed by atoms with Crippen LogP contribution < -0.4 is 14.8 Å². The van der Waals surface area contributed by atoms with E-state index in [1.54, 1.807) is 6.07 Å². The second-order valence-electron chi connectivity index (χ2n) is 6.53. The molecule has 7 nitrogen and oxygen atoms in total. The van der Waals surface area contributed by atoms with E-state index in [-0.39, 0.29) is 23.6 Å². The zero-order chi connectivity index (χ0) is 19.9. The van der Waals surface area contributed by atoms with E-state index in [1.807, 2.05) is 6.92 Å². The van der Waals surface area contributed by atoms with Crippen molar-refractivity contribution in [2.24, 2.45) is 0 Å². The molecule has 1 aromatic carbocycles. The van der Waals surface area contributed by atoms with E-state index in [2.05, 4.69) is 12.2 Å². The van der Waals surface area contributed by atoms with Crippen molar-refractivity contribution in [2.45, 2.75) is 45.1 Å². The van der Waals surface area contributed by atoms with Crippen LogP contribution in [0.1, 0.15) is 49.9 Å². The molecule has 1 amide bonds. The van der Waals surface area contributed by atoms with Gasteiger partial charge in [0.2, 0.25) is 0 Å². The molecule has 2 rings (SSSR count). The Bertz CT molecular complexity index is 672. The monoisotopic (exact) mass is 399 g/mol. The van der Waals surface area contributed by atoms with Crippen LogP contribution in [0.4, 0.5) is 0 Å². The van der Waals surface area contributed by atoms with E-state index in [4.69, 9.17) is 30.9 Å². The Labute approximate surface area is 163 Å². The molecule has 27 heavy (non-hydrogen) atoms. The largest absolute Gasteiger partial charge is 0.490 e. The zero-order valence-electron chi connectivity index (χ0n) is 15.7. The Morgan fingerprint density at radius 1 is 1.33 bits per heavy atom. The van der Waals surface area contributed by atoms with Crippen LogP contribution in [-0.2, 0) is 9.53 Å². The maximum atomic E-state index is 12.8. The average molecular weight is 400 g/mol. The van der Waals surface area contributed by atoms with Gasteiger partial charge in [0.25, 0.3) is 5.91 Å². The number of aliphatic carboxylic acids is 1. The van der Waals surface area contributed by atoms with Crippen molar-refractivity contribution in [3.63, 3.8) is 0 Å². The molecule has 0 spiro atoms. The van der Waals surface area contributed by atoms with Gasteiger partial charge in [0.05, 0.1) is 36.8 Å². The first-order valence-corrected chi connectivity index (χ1v) is 9.49. The minimum absolute atomic E-state index is 0.162. The van der Waals surface area contributed by atoms with Gasteiger partial charge in [-0.05, 0) is 31.9 Å². The number of nitrogens with one attached hydrogen (secondary N) is 1. The van der Waals surface area contributed by atoms with Crippen LogP contribution >= 0.6 is 11.6 Å². The highest BCUT2D eigenvalue weighted by atomic mass is 35.5. The third-order valence-corrected chi connectivity index (χ3v) is 4.57. The van der Waals surface area contributed by atoms with Crippen LogP contribution in [0, 0.1) is 0 Å². The number of carbonyl (C=O) groups excluding carboxylic acids is 1. The molecule has 1 aliphatic heterocycles. The molecule has 1 aliphatic rings. The van der Waals surface area contributed by atoms with Crippen LogP contribution in [0.5, 0.6) is 11.5 Å². The SMILES string of the molecule is CCCCOc1c(Cl)cc(C(=O)NC2(CC(=O)O)CCOC2)cc1OCC. The van der Waals surface area contributed by atoms with Gasteiger partial charge in [0, 0.05) is 12.2 Å². The van der Waals surface area contributed by atoms with Crippen molar-refractivity contribution in [1.29, 1.82) is 0 Å². The molecule has 2 N–H and O–H groups in total. The van der Waals surface area contributed by atoms with Gasteiger partial charge in [-0.15, -0.1) is 0 Å². The normalized spacial score (nSPS) is 18.9. The van der Waals surface area contributed by atoms with Crippen molar-refractivity contribution in [3.05, 3.63) is 22.7 Å². The lowest BCUT2D eigenvalue weighted by Crippen LogP contribution is -2.50. The predicted molar refractivity (Wildman–Crippen MR) is 101 cm³/mol. The van der Waals surface area contributed by atoms with Gasteiger partial charge < -0.3 is 24.6 Å². The van der Waals surface area contributed by atoms with E-state index in [0.29, 0.717) is 37.7 Å². The van der Waals surface area contributed by atoms with Crippen molar-refractivity contribution in [3.8, 4) is 11.5 Å². The number of unbranched alkanes of at least 4 members (excludes halogenated alkanes) is 1. The molecule has 0 saturated carbocycles. The maximum absolute atomic E-state index is 12.8. The summed E-state index contributed by atoms with van der Waals surface area (Å²) in [6.07, 6.45) is 2.09. The number of hydrogen-bond acceptors (Lipinski definition) is 5. The molecular weight excluding hydrogens is 374 g/mol. The van der Waals surface area contributed by atoms with E-state index in [9.17, 15) is 9.59 Å². The first-order chi connectivity index (χ1) is 12.9. The van der Waals surface area contributed by atoms with Crippen LogP contribution in [0.2, 0.25) is 5.02 Å². The Morgan fingerprint density at radius 3 is 2.70 bits per heavy atom. The van der Waals surface area contributed by atoms with Gasteiger partial charge in [0.15, 0.2) is 11.5 Å². The molecule has 1 heterocycles. The second kappa shape index (κ2) is 9.80. The summed E-state index contributed by atoms with van der Waals surface area (Å²) in [5, 5.41) is 12.2. The first kappa shape index (κ1) is 21.3. The average Bonchev–Trinajstić information content (AvgIpc) is 3.04.